The minimum absolute atomic E-state index is 0.0263. The third kappa shape index (κ3) is 8.71. The van der Waals surface area contributed by atoms with Gasteiger partial charge in [-0.3, -0.25) is 4.79 Å². The molecule has 0 saturated carbocycles. The van der Waals surface area contributed by atoms with Gasteiger partial charge in [-0.25, -0.2) is 4.79 Å². The number of esters is 2. The van der Waals surface area contributed by atoms with E-state index in [9.17, 15) is 45.3 Å². The molecule has 4 rings (SSSR count). The highest BCUT2D eigenvalue weighted by molar-refractivity contribution is 5.87. The lowest BCUT2D eigenvalue weighted by molar-refractivity contribution is -0.358. The van der Waals surface area contributed by atoms with Gasteiger partial charge in [0.15, 0.2) is 36.3 Å². The number of carbonyl (C=O) groups is 2. The maximum Gasteiger partial charge on any atom is 0.331 e. The lowest BCUT2D eigenvalue weighted by Crippen LogP contribution is -2.65. The molecule has 2 saturated heterocycles. The van der Waals surface area contributed by atoms with Crippen LogP contribution in [0.1, 0.15) is 25.0 Å². The number of benzene rings is 2. The second kappa shape index (κ2) is 15.7. The Bertz CT molecular complexity index is 1350. The van der Waals surface area contributed by atoms with Gasteiger partial charge in [0.05, 0.1) is 19.3 Å². The minimum Gasteiger partial charge on any atom is -0.508 e. The third-order valence-corrected chi connectivity index (χ3v) is 7.44. The number of phenols is 3. The molecule has 46 heavy (non-hydrogen) atoms. The number of aliphatic hydroxyl groups is 4. The monoisotopic (exact) mass is 650 g/mol. The molecule has 0 radical (unpaired) electrons. The first-order chi connectivity index (χ1) is 21.9. The van der Waals surface area contributed by atoms with Crippen LogP contribution in [0.3, 0.4) is 0 Å². The summed E-state index contributed by atoms with van der Waals surface area (Å²) in [5.74, 6) is -2.35. The summed E-state index contributed by atoms with van der Waals surface area (Å²) in [4.78, 5) is 25.2. The highest BCUT2D eigenvalue weighted by Gasteiger charge is 2.54. The van der Waals surface area contributed by atoms with Crippen molar-refractivity contribution in [2.24, 2.45) is 0 Å². The first-order valence-corrected chi connectivity index (χ1v) is 14.5. The van der Waals surface area contributed by atoms with Crippen molar-refractivity contribution in [1.29, 1.82) is 0 Å². The number of carbonyl (C=O) groups excluding carboxylic acids is 2. The smallest absolute Gasteiger partial charge is 0.331 e. The molecule has 2 aliphatic rings. The molecule has 0 aliphatic carbocycles. The predicted molar refractivity (Wildman–Crippen MR) is 155 cm³/mol. The molecule has 2 heterocycles. The average molecular weight is 651 g/mol. The summed E-state index contributed by atoms with van der Waals surface area (Å²) in [5.41, 5.74) is 1.13. The van der Waals surface area contributed by atoms with Crippen molar-refractivity contribution >= 4 is 18.0 Å². The Labute approximate surface area is 263 Å². The number of hydrogen-bond donors (Lipinski definition) is 7. The second-order valence-corrected chi connectivity index (χ2v) is 10.9. The van der Waals surface area contributed by atoms with Crippen LogP contribution in [0.2, 0.25) is 0 Å². The van der Waals surface area contributed by atoms with Crippen molar-refractivity contribution in [3.05, 3.63) is 59.7 Å². The summed E-state index contributed by atoms with van der Waals surface area (Å²) in [6.45, 7) is 1.71. The molecule has 7 N–H and O–H groups in total. The van der Waals surface area contributed by atoms with Crippen LogP contribution < -0.4 is 0 Å². The number of aromatic hydroxyl groups is 3. The van der Waals surface area contributed by atoms with Gasteiger partial charge in [0.25, 0.3) is 0 Å². The molecule has 0 amide bonds. The Hall–Kier alpha value is -3.80. The normalized spacial score (nSPS) is 31.4. The highest BCUT2D eigenvalue weighted by Crippen LogP contribution is 2.33. The molecule has 10 atom stereocenters. The van der Waals surface area contributed by atoms with E-state index in [0.717, 1.165) is 13.0 Å². The first kappa shape index (κ1) is 35.1. The number of ether oxygens (including phenoxy) is 6. The zero-order chi connectivity index (χ0) is 33.5. The van der Waals surface area contributed by atoms with Gasteiger partial charge in [0, 0.05) is 13.0 Å². The Balaban J connectivity index is 1.61. The van der Waals surface area contributed by atoms with Gasteiger partial charge in [0.2, 0.25) is 0 Å². The van der Waals surface area contributed by atoms with Crippen molar-refractivity contribution in [2.45, 2.75) is 81.7 Å². The molecule has 2 fully saturated rings. The van der Waals surface area contributed by atoms with Crippen molar-refractivity contribution in [1.82, 2.24) is 0 Å². The molecule has 0 bridgehead atoms. The van der Waals surface area contributed by atoms with Crippen molar-refractivity contribution in [3.63, 3.8) is 0 Å². The summed E-state index contributed by atoms with van der Waals surface area (Å²) in [6.07, 6.45) is -12.1. The van der Waals surface area contributed by atoms with Crippen LogP contribution in [0.5, 0.6) is 17.2 Å². The number of rotatable bonds is 11. The summed E-state index contributed by atoms with van der Waals surface area (Å²) in [6, 6.07) is 10.1. The molecular weight excluding hydrogens is 612 g/mol. The van der Waals surface area contributed by atoms with Crippen LogP contribution in [0.25, 0.3) is 6.08 Å². The molecule has 2 aromatic carbocycles. The van der Waals surface area contributed by atoms with E-state index in [4.69, 9.17) is 28.4 Å². The molecule has 15 heteroatoms. The zero-order valence-corrected chi connectivity index (χ0v) is 25.0. The molecule has 252 valence electrons. The summed E-state index contributed by atoms with van der Waals surface area (Å²) < 4.78 is 34.5. The van der Waals surface area contributed by atoms with Crippen LogP contribution >= 0.6 is 0 Å². The van der Waals surface area contributed by atoms with E-state index in [0.29, 0.717) is 11.1 Å². The van der Waals surface area contributed by atoms with E-state index >= 15 is 0 Å². The lowest BCUT2D eigenvalue weighted by atomic mass is 9.96. The van der Waals surface area contributed by atoms with Crippen LogP contribution in [-0.4, -0.2) is 122 Å². The molecule has 15 nitrogen and oxygen atoms in total. The fourth-order valence-corrected chi connectivity index (χ4v) is 4.99. The van der Waals surface area contributed by atoms with Gasteiger partial charge in [-0.1, -0.05) is 18.2 Å². The Morgan fingerprint density at radius 1 is 0.848 bits per heavy atom. The van der Waals surface area contributed by atoms with Gasteiger partial charge in [-0.15, -0.1) is 0 Å². The quantitative estimate of drug-likeness (QED) is 0.0952. The molecule has 0 spiro atoms. The minimum atomic E-state index is -1.79. The Kier molecular flexibility index (Phi) is 11.9. The average Bonchev–Trinajstić information content (AvgIpc) is 3.02. The number of phenolic OH excluding ortho intramolecular Hbond substituents is 3. The topological polar surface area (TPSA) is 231 Å². The van der Waals surface area contributed by atoms with E-state index < -0.39 is 80.0 Å². The van der Waals surface area contributed by atoms with Crippen LogP contribution in [-0.2, 0) is 44.4 Å². The SMILES string of the molecule is CC(=O)O[C@H]1[C@H](OCCc2ccc(O)c(O)c2)O[C@H](CO)[C@@H](OC(=O)C=Cc2ccc(O)cc2)[C@@H]1O[C@@H]1O[C@@H](C)[C@H](O)[C@@H](O)[C@H]1O. The van der Waals surface area contributed by atoms with Gasteiger partial charge in [-0.05, 0) is 54.8 Å². The summed E-state index contributed by atoms with van der Waals surface area (Å²) in [5, 5.41) is 70.3. The maximum absolute atomic E-state index is 13.0. The Morgan fingerprint density at radius 2 is 1.57 bits per heavy atom. The van der Waals surface area contributed by atoms with E-state index in [2.05, 4.69) is 0 Å². The van der Waals surface area contributed by atoms with Gasteiger partial charge < -0.3 is 64.2 Å². The van der Waals surface area contributed by atoms with E-state index in [1.54, 1.807) is 18.2 Å². The predicted octanol–water partition coefficient (Wildman–Crippen LogP) is -0.151. The Morgan fingerprint density at radius 3 is 2.22 bits per heavy atom. The van der Waals surface area contributed by atoms with Crippen molar-refractivity contribution < 1.29 is 73.8 Å². The molecular formula is C31H38O15. The fourth-order valence-electron chi connectivity index (χ4n) is 4.99. The fraction of sp³-hybridized carbons (Fsp3) is 0.484. The number of aliphatic hydroxyl groups excluding tert-OH is 4. The maximum atomic E-state index is 13.0. The van der Waals surface area contributed by atoms with Crippen LogP contribution in [0.15, 0.2) is 48.5 Å². The zero-order valence-electron chi connectivity index (χ0n) is 25.0. The van der Waals surface area contributed by atoms with Gasteiger partial charge >= 0.3 is 11.9 Å². The first-order valence-electron chi connectivity index (χ1n) is 14.5. The summed E-state index contributed by atoms with van der Waals surface area (Å²) in [7, 11) is 0. The van der Waals surface area contributed by atoms with Crippen molar-refractivity contribution in [3.8, 4) is 17.2 Å². The number of hydrogen-bond acceptors (Lipinski definition) is 15. The molecule has 0 aromatic heterocycles. The molecule has 2 aromatic rings. The van der Waals surface area contributed by atoms with Crippen LogP contribution in [0, 0.1) is 0 Å². The van der Waals surface area contributed by atoms with Crippen LogP contribution in [0.4, 0.5) is 0 Å². The molecule has 0 unspecified atom stereocenters. The highest BCUT2D eigenvalue weighted by atomic mass is 16.8. The largest absolute Gasteiger partial charge is 0.508 e. The summed E-state index contributed by atoms with van der Waals surface area (Å²) >= 11 is 0. The lowest BCUT2D eigenvalue weighted by Gasteiger charge is -2.47. The van der Waals surface area contributed by atoms with E-state index in [1.165, 1.54) is 37.3 Å². The van der Waals surface area contributed by atoms with E-state index in [1.807, 2.05) is 0 Å². The van der Waals surface area contributed by atoms with E-state index in [-0.39, 0.29) is 30.3 Å². The third-order valence-electron chi connectivity index (χ3n) is 7.44. The van der Waals surface area contributed by atoms with Crippen molar-refractivity contribution in [2.75, 3.05) is 13.2 Å². The van der Waals surface area contributed by atoms with Gasteiger partial charge in [-0.2, -0.15) is 0 Å². The molecule has 2 aliphatic heterocycles. The second-order valence-electron chi connectivity index (χ2n) is 10.9. The van der Waals surface area contributed by atoms with Gasteiger partial charge in [0.1, 0.15) is 36.3 Å². The standard InChI is InChI=1S/C31H38O15/c1-15-24(38)25(39)26(40)30(42-15)46-28-27(45-23(37)10-6-17-3-7-19(34)8-4-17)22(14-32)44-31(29(28)43-16(2)33)41-12-11-18-5-9-20(35)21(36)13-18/h3-10,13,15,22,24-32,34-36,38-40H,11-12,14H2,1-2H3/t15-,22+,24-,25+,26+,27+,28-,29+,30-,31+/m0/s1.